The molecule has 0 heterocycles. The van der Waals surface area contributed by atoms with Crippen LogP contribution in [0.2, 0.25) is 0 Å². The van der Waals surface area contributed by atoms with Crippen molar-refractivity contribution in [2.75, 3.05) is 13.7 Å². The van der Waals surface area contributed by atoms with Crippen LogP contribution in [0.15, 0.2) is 71.6 Å². The summed E-state index contributed by atoms with van der Waals surface area (Å²) >= 11 is 0. The molecule has 0 aliphatic carbocycles. The summed E-state index contributed by atoms with van der Waals surface area (Å²) in [7, 11) is -3.09. The molecule has 0 fully saturated rings. The fourth-order valence-corrected chi connectivity index (χ4v) is 4.52. The van der Waals surface area contributed by atoms with E-state index in [0.717, 1.165) is 17.7 Å². The van der Waals surface area contributed by atoms with Gasteiger partial charge in [-0.05, 0) is 62.2 Å². The minimum atomic E-state index is -4.38. The van der Waals surface area contributed by atoms with Gasteiger partial charge in [-0.25, -0.2) is 17.9 Å². The molecule has 3 aromatic rings. The van der Waals surface area contributed by atoms with Crippen molar-refractivity contribution in [2.45, 2.75) is 31.2 Å². The number of nitro benzene ring substituents is 1. The molecule has 0 radical (unpaired) electrons. The van der Waals surface area contributed by atoms with Crippen LogP contribution in [-0.4, -0.2) is 44.4 Å². The Morgan fingerprint density at radius 3 is 2.26 bits per heavy atom. The highest BCUT2D eigenvalue weighted by molar-refractivity contribution is 7.89. The number of carbonyl (C=O) groups excluding carboxylic acids is 2. The number of benzene rings is 3. The highest BCUT2D eigenvalue weighted by atomic mass is 32.2. The summed E-state index contributed by atoms with van der Waals surface area (Å²) in [5, 5.41) is 13.9. The molecule has 3 rings (SSSR count). The van der Waals surface area contributed by atoms with E-state index in [9.17, 15) is 28.1 Å². The highest BCUT2D eigenvalue weighted by Crippen LogP contribution is 2.33. The summed E-state index contributed by atoms with van der Waals surface area (Å²) in [4.78, 5) is 33.9. The Hall–Kier alpha value is -4.29. The Morgan fingerprint density at radius 2 is 1.66 bits per heavy atom. The van der Waals surface area contributed by atoms with Gasteiger partial charge in [-0.15, -0.1) is 0 Å². The predicted octanol–water partition coefficient (Wildman–Crippen LogP) is 4.03. The molecule has 12 heteroatoms. The van der Waals surface area contributed by atoms with Gasteiger partial charge in [0.15, 0.2) is 0 Å². The van der Waals surface area contributed by atoms with E-state index in [4.69, 9.17) is 9.47 Å². The van der Waals surface area contributed by atoms with E-state index in [1.807, 2.05) is 0 Å². The number of non-ortho nitro benzene ring substituents is 1. The first-order chi connectivity index (χ1) is 17.8. The maximum atomic E-state index is 13.1. The molecule has 0 aromatic heterocycles. The van der Waals surface area contributed by atoms with Gasteiger partial charge >= 0.3 is 5.97 Å². The van der Waals surface area contributed by atoms with Crippen LogP contribution >= 0.6 is 0 Å². The predicted molar refractivity (Wildman–Crippen MR) is 139 cm³/mol. The molecular formula is C26H27N3O8S. The van der Waals surface area contributed by atoms with Crippen molar-refractivity contribution < 1.29 is 32.4 Å². The van der Waals surface area contributed by atoms with E-state index in [-0.39, 0.29) is 11.5 Å². The number of ether oxygens (including phenoxy) is 2. The van der Waals surface area contributed by atoms with Gasteiger partial charge in [0.2, 0.25) is 15.9 Å². The van der Waals surface area contributed by atoms with Gasteiger partial charge in [0.05, 0.1) is 24.1 Å². The smallest absolute Gasteiger partial charge is 0.337 e. The van der Waals surface area contributed by atoms with Gasteiger partial charge < -0.3 is 14.8 Å². The third-order valence-corrected chi connectivity index (χ3v) is 6.49. The van der Waals surface area contributed by atoms with Crippen LogP contribution in [0.25, 0.3) is 11.1 Å². The molecule has 38 heavy (non-hydrogen) atoms. The van der Waals surface area contributed by atoms with Crippen LogP contribution in [0, 0.1) is 10.1 Å². The van der Waals surface area contributed by atoms with E-state index in [1.165, 1.54) is 13.2 Å². The third-order valence-electron chi connectivity index (χ3n) is 5.07. The zero-order chi connectivity index (χ0) is 28.1. The number of nitrogens with zero attached hydrogens (tertiary/aromatic N) is 1. The van der Waals surface area contributed by atoms with Crippen molar-refractivity contribution in [3.05, 3.63) is 82.4 Å². The minimum absolute atomic E-state index is 0.169. The van der Waals surface area contributed by atoms with Gasteiger partial charge in [0, 0.05) is 17.7 Å². The molecule has 0 bridgehead atoms. The van der Waals surface area contributed by atoms with Crippen LogP contribution in [-0.2, 0) is 19.6 Å². The lowest BCUT2D eigenvalue weighted by Gasteiger charge is -2.20. The first kappa shape index (κ1) is 28.3. The van der Waals surface area contributed by atoms with Crippen LogP contribution in [0.4, 0.5) is 5.69 Å². The van der Waals surface area contributed by atoms with E-state index in [2.05, 4.69) is 10.0 Å². The standard InChI is InChI=1S/C26H27N3O8S/c1-26(2,3)28-24(30)16-27-38(34,35)23-15-20(29(32)33)12-13-22(23)37-21-7-5-6-19(14-21)17-8-10-18(11-9-17)25(31)36-4/h5-15,27H,16H2,1-4H3,(H,28,30). The van der Waals surface area contributed by atoms with Crippen molar-refractivity contribution in [3.8, 4) is 22.6 Å². The summed E-state index contributed by atoms with van der Waals surface area (Å²) in [5.74, 6) is -0.947. The summed E-state index contributed by atoms with van der Waals surface area (Å²) < 4.78 is 38.8. The normalized spacial score (nSPS) is 11.5. The van der Waals surface area contributed by atoms with Gasteiger partial charge in [-0.3, -0.25) is 14.9 Å². The fraction of sp³-hybridized carbons (Fsp3) is 0.231. The molecule has 3 aromatic carbocycles. The van der Waals surface area contributed by atoms with Crippen molar-refractivity contribution in [1.82, 2.24) is 10.0 Å². The summed E-state index contributed by atoms with van der Waals surface area (Å²) in [6.07, 6.45) is 0. The second-order valence-electron chi connectivity index (χ2n) is 9.21. The van der Waals surface area contributed by atoms with Crippen LogP contribution in [0.1, 0.15) is 31.1 Å². The second kappa shape index (κ2) is 11.4. The maximum absolute atomic E-state index is 13.1. The van der Waals surface area contributed by atoms with Crippen LogP contribution in [0.3, 0.4) is 0 Å². The Labute approximate surface area is 220 Å². The Balaban J connectivity index is 1.90. The maximum Gasteiger partial charge on any atom is 0.337 e. The zero-order valence-electron chi connectivity index (χ0n) is 21.2. The monoisotopic (exact) mass is 541 g/mol. The fourth-order valence-electron chi connectivity index (χ4n) is 3.39. The number of rotatable bonds is 9. The van der Waals surface area contributed by atoms with Crippen LogP contribution < -0.4 is 14.8 Å². The number of nitro groups is 1. The second-order valence-corrected chi connectivity index (χ2v) is 10.9. The molecule has 0 atom stereocenters. The summed E-state index contributed by atoms with van der Waals surface area (Å²) in [5.41, 5.74) is 0.810. The number of hydrogen-bond acceptors (Lipinski definition) is 8. The molecule has 2 N–H and O–H groups in total. The quantitative estimate of drug-likeness (QED) is 0.234. The Kier molecular flexibility index (Phi) is 8.49. The molecule has 0 aliphatic rings. The third kappa shape index (κ3) is 7.37. The lowest BCUT2D eigenvalue weighted by Crippen LogP contribution is -2.45. The van der Waals surface area contributed by atoms with Crippen molar-refractivity contribution in [3.63, 3.8) is 0 Å². The minimum Gasteiger partial charge on any atom is -0.465 e. The largest absolute Gasteiger partial charge is 0.465 e. The van der Waals surface area contributed by atoms with E-state index < -0.39 is 49.5 Å². The molecule has 1 amide bonds. The average Bonchev–Trinajstić information content (AvgIpc) is 2.86. The number of carbonyl (C=O) groups is 2. The molecule has 0 spiro atoms. The number of hydrogen-bond donors (Lipinski definition) is 2. The van der Waals surface area contributed by atoms with Gasteiger partial charge in [0.1, 0.15) is 16.4 Å². The summed E-state index contributed by atoms with van der Waals surface area (Å²) in [6.45, 7) is 4.66. The number of esters is 1. The SMILES string of the molecule is COC(=O)c1ccc(-c2cccc(Oc3ccc([N+](=O)[O-])cc3S(=O)(=O)NCC(=O)NC(C)(C)C)c2)cc1. The highest BCUT2D eigenvalue weighted by Gasteiger charge is 2.25. The van der Waals surface area contributed by atoms with Gasteiger partial charge in [0.25, 0.3) is 5.69 Å². The number of sulfonamides is 1. The molecule has 200 valence electrons. The molecule has 0 unspecified atom stereocenters. The number of methoxy groups -OCH3 is 1. The number of amides is 1. The molecule has 0 saturated heterocycles. The summed E-state index contributed by atoms with van der Waals surface area (Å²) in [6, 6.07) is 16.6. The lowest BCUT2D eigenvalue weighted by molar-refractivity contribution is -0.385. The first-order valence-electron chi connectivity index (χ1n) is 11.3. The Morgan fingerprint density at radius 1 is 0.974 bits per heavy atom. The lowest BCUT2D eigenvalue weighted by atomic mass is 10.0. The Bertz CT molecular complexity index is 1460. The molecule has 0 saturated carbocycles. The van der Waals surface area contributed by atoms with Crippen LogP contribution in [0.5, 0.6) is 11.5 Å². The van der Waals surface area contributed by atoms with Crippen molar-refractivity contribution in [2.24, 2.45) is 0 Å². The van der Waals surface area contributed by atoms with Gasteiger partial charge in [-0.1, -0.05) is 24.3 Å². The first-order valence-corrected chi connectivity index (χ1v) is 12.8. The van der Waals surface area contributed by atoms with E-state index in [0.29, 0.717) is 11.1 Å². The van der Waals surface area contributed by atoms with Crippen molar-refractivity contribution >= 4 is 27.6 Å². The van der Waals surface area contributed by atoms with E-state index >= 15 is 0 Å². The van der Waals surface area contributed by atoms with Crippen molar-refractivity contribution in [1.29, 1.82) is 0 Å². The zero-order valence-corrected chi connectivity index (χ0v) is 22.0. The average molecular weight is 542 g/mol. The van der Waals surface area contributed by atoms with E-state index in [1.54, 1.807) is 69.3 Å². The topological polar surface area (TPSA) is 154 Å². The van der Waals surface area contributed by atoms with Gasteiger partial charge in [-0.2, -0.15) is 0 Å². The molecular weight excluding hydrogens is 514 g/mol. The number of nitrogens with one attached hydrogen (secondary N) is 2. The molecule has 11 nitrogen and oxygen atoms in total. The molecule has 0 aliphatic heterocycles.